The van der Waals surface area contributed by atoms with Crippen LogP contribution in [-0.4, -0.2) is 32.9 Å². The van der Waals surface area contributed by atoms with Crippen molar-refractivity contribution in [1.29, 1.82) is 0 Å². The highest BCUT2D eigenvalue weighted by molar-refractivity contribution is 6.06. The van der Waals surface area contributed by atoms with Gasteiger partial charge in [0.15, 0.2) is 0 Å². The summed E-state index contributed by atoms with van der Waals surface area (Å²) >= 11 is 0. The highest BCUT2D eigenvalue weighted by Gasteiger charge is 2.20. The van der Waals surface area contributed by atoms with Crippen molar-refractivity contribution in [2.45, 2.75) is 0 Å². The van der Waals surface area contributed by atoms with Crippen molar-refractivity contribution < 1.29 is 4.42 Å². The van der Waals surface area contributed by atoms with Crippen molar-refractivity contribution >= 4 is 77.8 Å². The van der Waals surface area contributed by atoms with Crippen molar-refractivity contribution in [3.8, 4) is 33.6 Å². The minimum Gasteiger partial charge on any atom is -0.438 e. The summed E-state index contributed by atoms with van der Waals surface area (Å²) in [5.74, 6) is 1.77. The number of rotatable bonds is 4. The van der Waals surface area contributed by atoms with Gasteiger partial charge in [-0.2, -0.15) is 0 Å². The number of aromatic nitrogens is 7. The van der Waals surface area contributed by atoms with E-state index in [1.54, 1.807) is 0 Å². The van der Waals surface area contributed by atoms with E-state index < -0.39 is 0 Å². The summed E-state index contributed by atoms with van der Waals surface area (Å²) in [6.45, 7) is 0. The molecule has 0 bridgehead atoms. The Balaban J connectivity index is 0.930. The molecule has 6 heterocycles. The summed E-state index contributed by atoms with van der Waals surface area (Å²) in [4.78, 5) is 15.0. The zero-order valence-corrected chi connectivity index (χ0v) is 30.3. The van der Waals surface area contributed by atoms with Crippen LogP contribution in [0.4, 0.5) is 0 Å². The fourth-order valence-corrected chi connectivity index (χ4v) is 8.86. The second-order valence-corrected chi connectivity index (χ2v) is 14.6. The smallest absolute Gasteiger partial charge is 0.227 e. The Morgan fingerprint density at radius 3 is 1.47 bits per heavy atom. The lowest BCUT2D eigenvalue weighted by atomic mass is 10.0. The van der Waals surface area contributed by atoms with Gasteiger partial charge in [0.1, 0.15) is 5.58 Å². The summed E-state index contributed by atoms with van der Waals surface area (Å²) in [5.41, 5.74) is 16.3. The molecule has 8 nitrogen and oxygen atoms in total. The van der Waals surface area contributed by atoms with Crippen LogP contribution in [0, 0.1) is 0 Å². The van der Waals surface area contributed by atoms with Gasteiger partial charge in [-0.25, -0.2) is 15.0 Å². The molecular formula is C49H29N7O. The van der Waals surface area contributed by atoms with E-state index in [4.69, 9.17) is 19.4 Å². The van der Waals surface area contributed by atoms with E-state index >= 15 is 0 Å². The van der Waals surface area contributed by atoms with Crippen LogP contribution in [0.25, 0.3) is 111 Å². The Bertz CT molecular complexity index is 3530. The van der Waals surface area contributed by atoms with Gasteiger partial charge < -0.3 is 4.42 Å². The monoisotopic (exact) mass is 731 g/mol. The van der Waals surface area contributed by atoms with Crippen LogP contribution < -0.4 is 0 Å². The van der Waals surface area contributed by atoms with E-state index in [1.165, 1.54) is 0 Å². The van der Waals surface area contributed by atoms with Gasteiger partial charge in [0, 0.05) is 33.9 Å². The molecule has 13 rings (SSSR count). The Morgan fingerprint density at radius 1 is 0.386 bits per heavy atom. The summed E-state index contributed by atoms with van der Waals surface area (Å²) in [6.07, 6.45) is 1.91. The summed E-state index contributed by atoms with van der Waals surface area (Å²) in [6, 6.07) is 59.5. The molecule has 0 spiro atoms. The molecule has 0 radical (unpaired) electrons. The maximum absolute atomic E-state index is 6.31. The molecule has 0 N–H and O–H groups in total. The van der Waals surface area contributed by atoms with E-state index in [0.717, 1.165) is 106 Å². The molecule has 0 amide bonds. The van der Waals surface area contributed by atoms with Crippen molar-refractivity contribution in [2.24, 2.45) is 0 Å². The van der Waals surface area contributed by atoms with Crippen molar-refractivity contribution in [3.63, 3.8) is 0 Å². The van der Waals surface area contributed by atoms with Crippen LogP contribution in [0.15, 0.2) is 180 Å². The Hall–Kier alpha value is -7.97. The largest absolute Gasteiger partial charge is 0.438 e. The maximum Gasteiger partial charge on any atom is 0.227 e. The van der Waals surface area contributed by atoms with E-state index in [9.17, 15) is 0 Å². The van der Waals surface area contributed by atoms with Crippen LogP contribution in [-0.2, 0) is 0 Å². The SMILES string of the molecule is c1cc(-c2ccc3oc4ncc(-c5cccc(-n6c7ccccc7n7c8ccccc8nc67)c5)cc4c3c2)cc(-n2c3ccccc3n3c4ccccc4nc23)c1. The number of para-hydroxylation sites is 8. The second-order valence-electron chi connectivity index (χ2n) is 14.6. The molecule has 0 fully saturated rings. The number of nitrogens with zero attached hydrogens (tertiary/aromatic N) is 7. The average Bonchev–Trinajstić information content (AvgIpc) is 4.07. The van der Waals surface area contributed by atoms with Gasteiger partial charge >= 0.3 is 0 Å². The number of pyridine rings is 1. The Kier molecular flexibility index (Phi) is 6.01. The van der Waals surface area contributed by atoms with Crippen LogP contribution in [0.5, 0.6) is 0 Å². The van der Waals surface area contributed by atoms with E-state index in [0.29, 0.717) is 5.71 Å². The molecule has 0 aliphatic carbocycles. The normalized spacial score (nSPS) is 12.2. The fraction of sp³-hybridized carbons (Fsp3) is 0. The lowest BCUT2D eigenvalue weighted by molar-refractivity contribution is 0.654. The van der Waals surface area contributed by atoms with Crippen molar-refractivity contribution in [2.75, 3.05) is 0 Å². The number of imidazole rings is 4. The molecule has 266 valence electrons. The van der Waals surface area contributed by atoms with Gasteiger partial charge in [0.05, 0.1) is 44.1 Å². The number of fused-ring (bicyclic) bond motifs is 13. The zero-order chi connectivity index (χ0) is 37.2. The summed E-state index contributed by atoms with van der Waals surface area (Å²) < 4.78 is 15.3. The lowest BCUT2D eigenvalue weighted by Gasteiger charge is -2.09. The minimum absolute atomic E-state index is 0.616. The average molecular weight is 732 g/mol. The molecule has 6 aromatic heterocycles. The predicted octanol–water partition coefficient (Wildman–Crippen LogP) is 11.8. The van der Waals surface area contributed by atoms with E-state index in [2.05, 4.69) is 176 Å². The molecule has 0 saturated carbocycles. The maximum atomic E-state index is 6.31. The first-order valence-electron chi connectivity index (χ1n) is 19.0. The first-order valence-corrected chi connectivity index (χ1v) is 19.0. The first kappa shape index (κ1) is 30.4. The number of hydrogen-bond donors (Lipinski definition) is 0. The Labute approximate surface area is 323 Å². The third kappa shape index (κ3) is 4.29. The number of furan rings is 1. The predicted molar refractivity (Wildman–Crippen MR) is 229 cm³/mol. The summed E-state index contributed by atoms with van der Waals surface area (Å²) in [7, 11) is 0. The molecule has 0 saturated heterocycles. The molecule has 8 heteroatoms. The number of benzene rings is 7. The Morgan fingerprint density at radius 2 is 0.877 bits per heavy atom. The quantitative estimate of drug-likeness (QED) is 0.181. The van der Waals surface area contributed by atoms with Crippen LogP contribution in [0.1, 0.15) is 0 Å². The molecule has 13 aromatic rings. The third-order valence-corrected chi connectivity index (χ3v) is 11.4. The van der Waals surface area contributed by atoms with Gasteiger partial charge in [0.2, 0.25) is 17.3 Å². The number of hydrogen-bond acceptors (Lipinski definition) is 4. The van der Waals surface area contributed by atoms with Gasteiger partial charge in [-0.3, -0.25) is 17.9 Å². The van der Waals surface area contributed by atoms with Gasteiger partial charge in [-0.1, -0.05) is 78.9 Å². The van der Waals surface area contributed by atoms with Crippen LogP contribution in [0.3, 0.4) is 0 Å². The van der Waals surface area contributed by atoms with Gasteiger partial charge in [0.25, 0.3) is 0 Å². The standard InChI is InChI=1S/C49H29N7O/c1-3-17-40-38(15-1)51-48-53(42-19-5-7-21-44(42)55(40)48)34-13-9-11-30(25-34)32-23-24-46-36(27-32)37-28-33(29-50-47(37)57-46)31-12-10-14-35(26-31)54-43-20-6-8-22-45(43)56-41-18-4-2-16-39(41)52-49(54)56/h1-29H. The topological polar surface area (TPSA) is 70.5 Å². The molecule has 0 atom stereocenters. The molecule has 0 aliphatic heterocycles. The minimum atomic E-state index is 0.616. The van der Waals surface area contributed by atoms with E-state index in [1.807, 2.05) is 18.3 Å². The first-order chi connectivity index (χ1) is 28.2. The lowest BCUT2D eigenvalue weighted by Crippen LogP contribution is -1.95. The fourth-order valence-electron chi connectivity index (χ4n) is 8.86. The van der Waals surface area contributed by atoms with Crippen molar-refractivity contribution in [1.82, 2.24) is 32.9 Å². The van der Waals surface area contributed by atoms with Gasteiger partial charge in [-0.15, -0.1) is 0 Å². The molecule has 57 heavy (non-hydrogen) atoms. The molecular weight excluding hydrogens is 703 g/mol. The van der Waals surface area contributed by atoms with Crippen molar-refractivity contribution in [3.05, 3.63) is 176 Å². The van der Waals surface area contributed by atoms with Crippen LogP contribution in [0.2, 0.25) is 0 Å². The second kappa shape index (κ2) is 11.3. The zero-order valence-electron chi connectivity index (χ0n) is 30.3. The highest BCUT2D eigenvalue weighted by Crippen LogP contribution is 2.37. The van der Waals surface area contributed by atoms with E-state index in [-0.39, 0.29) is 0 Å². The third-order valence-electron chi connectivity index (χ3n) is 11.4. The van der Waals surface area contributed by atoms with Crippen LogP contribution >= 0.6 is 0 Å². The molecule has 7 aromatic carbocycles. The molecule has 0 aliphatic rings. The highest BCUT2D eigenvalue weighted by atomic mass is 16.3. The molecule has 0 unspecified atom stereocenters. The summed E-state index contributed by atoms with van der Waals surface area (Å²) in [5, 5.41) is 2.00. The van der Waals surface area contributed by atoms with Gasteiger partial charge in [-0.05, 0) is 108 Å².